The molecule has 1 aromatic carbocycles. The highest BCUT2D eigenvalue weighted by molar-refractivity contribution is 5.69. The number of carbonyl (C=O) groups is 1. The van der Waals surface area contributed by atoms with E-state index >= 15 is 0 Å². The second-order valence-electron chi connectivity index (χ2n) is 18.8. The number of methoxy groups -OCH3 is 2. The zero-order valence-corrected chi connectivity index (χ0v) is 36.3. The van der Waals surface area contributed by atoms with Crippen molar-refractivity contribution in [1.29, 1.82) is 0 Å². The van der Waals surface area contributed by atoms with Crippen molar-refractivity contribution in [1.82, 2.24) is 21.3 Å². The SMILES string of the molecule is CCC1C2CC3NC4C(CC(O)C4C3C)C3NC(CC4NC(CC(N2)C1C)C(C#Cc1ccccc1OCCOCCOCCOC)C4C)C(C)C3CCC(=O)OC. The summed E-state index contributed by atoms with van der Waals surface area (Å²) in [7, 11) is 3.16. The summed E-state index contributed by atoms with van der Waals surface area (Å²) < 4.78 is 27.6. The van der Waals surface area contributed by atoms with Crippen LogP contribution in [0.3, 0.4) is 0 Å². The molecule has 11 heteroatoms. The van der Waals surface area contributed by atoms with Gasteiger partial charge in [0.1, 0.15) is 12.4 Å². The molecule has 8 bridgehead atoms. The third-order valence-electron chi connectivity index (χ3n) is 15.9. The van der Waals surface area contributed by atoms with Gasteiger partial charge in [0.25, 0.3) is 0 Å². The summed E-state index contributed by atoms with van der Waals surface area (Å²) in [5, 5.41) is 28.5. The zero-order chi connectivity index (χ0) is 40.9. The first-order chi connectivity index (χ1) is 28.1. The maximum absolute atomic E-state index is 12.5. The smallest absolute Gasteiger partial charge is 0.305 e. The molecule has 1 aromatic rings. The van der Waals surface area contributed by atoms with E-state index < -0.39 is 0 Å². The molecule has 0 amide bonds. The first kappa shape index (κ1) is 43.8. The van der Waals surface area contributed by atoms with Gasteiger partial charge in [-0.25, -0.2) is 0 Å². The van der Waals surface area contributed by atoms with Crippen LogP contribution in [0.5, 0.6) is 5.75 Å². The highest BCUT2D eigenvalue weighted by atomic mass is 16.6. The van der Waals surface area contributed by atoms with Crippen LogP contribution in [0.4, 0.5) is 0 Å². The average Bonchev–Trinajstić information content (AvgIpc) is 3.98. The van der Waals surface area contributed by atoms with Gasteiger partial charge in [0.15, 0.2) is 0 Å². The van der Waals surface area contributed by atoms with Gasteiger partial charge in [0, 0.05) is 73.7 Å². The number of hydrogen-bond donors (Lipinski definition) is 5. The molecular weight excluding hydrogens is 733 g/mol. The highest BCUT2D eigenvalue weighted by Gasteiger charge is 2.58. The Kier molecular flexibility index (Phi) is 15.2. The number of aliphatic hydroxyl groups is 1. The van der Waals surface area contributed by atoms with Gasteiger partial charge < -0.3 is 50.1 Å². The fourth-order valence-electron chi connectivity index (χ4n) is 12.7. The number of para-hydroxylation sites is 1. The first-order valence-electron chi connectivity index (χ1n) is 22.8. The molecule has 5 saturated heterocycles. The molecule has 6 aliphatic rings. The molecule has 5 N–H and O–H groups in total. The monoisotopic (exact) mass is 807 g/mol. The summed E-state index contributed by atoms with van der Waals surface area (Å²) in [4.78, 5) is 12.5. The number of nitrogens with one attached hydrogen (secondary N) is 4. The van der Waals surface area contributed by atoms with Crippen LogP contribution >= 0.6 is 0 Å². The van der Waals surface area contributed by atoms with E-state index in [-0.39, 0.29) is 42.0 Å². The molecule has 0 radical (unpaired) electrons. The van der Waals surface area contributed by atoms with E-state index in [2.05, 4.69) is 73.8 Å². The van der Waals surface area contributed by atoms with Gasteiger partial charge in [-0.05, 0) is 85.7 Å². The number of aliphatic hydroxyl groups excluding tert-OH is 1. The quantitative estimate of drug-likeness (QED) is 0.104. The second kappa shape index (κ2) is 20.1. The highest BCUT2D eigenvalue weighted by Crippen LogP contribution is 2.50. The molecule has 0 spiro atoms. The number of fused-ring (bicyclic) bond motifs is 8. The fraction of sp³-hybridized carbons (Fsp3) is 0.809. The predicted molar refractivity (Wildman–Crippen MR) is 225 cm³/mol. The molecule has 18 unspecified atom stereocenters. The molecule has 324 valence electrons. The molecule has 1 aliphatic carbocycles. The van der Waals surface area contributed by atoms with Gasteiger partial charge in [-0.2, -0.15) is 0 Å². The lowest BCUT2D eigenvalue weighted by molar-refractivity contribution is -0.141. The Bertz CT molecular complexity index is 1550. The zero-order valence-electron chi connectivity index (χ0n) is 36.3. The number of carbonyl (C=O) groups excluding carboxylic acids is 1. The van der Waals surface area contributed by atoms with Crippen molar-refractivity contribution in [2.24, 2.45) is 53.3 Å². The lowest BCUT2D eigenvalue weighted by Crippen LogP contribution is -2.48. The molecule has 18 atom stereocenters. The van der Waals surface area contributed by atoms with Gasteiger partial charge in [-0.15, -0.1) is 0 Å². The lowest BCUT2D eigenvalue weighted by atomic mass is 9.76. The van der Waals surface area contributed by atoms with Crippen LogP contribution in [0, 0.1) is 65.1 Å². The van der Waals surface area contributed by atoms with Crippen LogP contribution in [0.1, 0.15) is 85.1 Å². The minimum absolute atomic E-state index is 0.137. The summed E-state index contributed by atoms with van der Waals surface area (Å²) in [6.45, 7) is 15.1. The van der Waals surface area contributed by atoms with Gasteiger partial charge in [0.05, 0.1) is 51.8 Å². The Morgan fingerprint density at radius 3 is 2.10 bits per heavy atom. The van der Waals surface area contributed by atoms with E-state index in [0.29, 0.717) is 118 Å². The molecule has 58 heavy (non-hydrogen) atoms. The number of rotatable bonds is 14. The maximum Gasteiger partial charge on any atom is 0.305 e. The largest absolute Gasteiger partial charge is 0.490 e. The third kappa shape index (κ3) is 9.45. The van der Waals surface area contributed by atoms with Gasteiger partial charge in [0.2, 0.25) is 0 Å². The van der Waals surface area contributed by atoms with Gasteiger partial charge in [-0.3, -0.25) is 4.79 Å². The standard InChI is InChI=1S/C47H74N4O7/c1-8-32-27(2)37-25-41-33(14-13-31-11-9-10-12-43(31)58-22-21-57-20-19-56-18-17-54-6)28(3)36(49-41)24-38-29(4)34(15-16-44(53)55-7)46(50-38)35-23-42(52)45-30(5)39(51-47(35)45)26-40(32)48-37/h9-12,27-30,32-42,45-52H,8,15-26H2,1-7H3. The molecule has 5 aliphatic heterocycles. The lowest BCUT2D eigenvalue weighted by Gasteiger charge is -2.32. The normalized spacial score (nSPS) is 41.7. The predicted octanol–water partition coefficient (Wildman–Crippen LogP) is 4.40. The van der Waals surface area contributed by atoms with Crippen LogP contribution in [-0.2, 0) is 23.7 Å². The van der Waals surface area contributed by atoms with Crippen molar-refractivity contribution in [2.75, 3.05) is 53.9 Å². The molecule has 7 rings (SSSR count). The number of ether oxygens (including phenoxy) is 5. The Morgan fingerprint density at radius 2 is 1.34 bits per heavy atom. The summed E-state index contributed by atoms with van der Waals surface area (Å²) in [6.07, 6.45) is 6.02. The van der Waals surface area contributed by atoms with E-state index in [1.54, 1.807) is 7.11 Å². The van der Waals surface area contributed by atoms with E-state index in [0.717, 1.165) is 49.8 Å². The first-order valence-corrected chi connectivity index (χ1v) is 22.8. The average molecular weight is 807 g/mol. The fourth-order valence-corrected chi connectivity index (χ4v) is 12.7. The second-order valence-corrected chi connectivity index (χ2v) is 18.8. The molecule has 6 fully saturated rings. The summed E-state index contributed by atoms with van der Waals surface area (Å²) in [6, 6.07) is 10.7. The van der Waals surface area contributed by atoms with E-state index in [4.69, 9.17) is 23.7 Å². The molecule has 1 saturated carbocycles. The molecular formula is C47H74N4O7. The minimum Gasteiger partial charge on any atom is -0.490 e. The van der Waals surface area contributed by atoms with Crippen LogP contribution in [-0.4, -0.2) is 119 Å². The van der Waals surface area contributed by atoms with Crippen LogP contribution in [0.15, 0.2) is 24.3 Å². The number of hydrogen-bond acceptors (Lipinski definition) is 11. The van der Waals surface area contributed by atoms with Crippen molar-refractivity contribution in [3.8, 4) is 17.6 Å². The molecule has 5 heterocycles. The van der Waals surface area contributed by atoms with Crippen molar-refractivity contribution < 1.29 is 33.6 Å². The van der Waals surface area contributed by atoms with E-state index in [9.17, 15) is 9.90 Å². The van der Waals surface area contributed by atoms with Crippen molar-refractivity contribution in [3.63, 3.8) is 0 Å². The summed E-state index contributed by atoms with van der Waals surface area (Å²) >= 11 is 0. The summed E-state index contributed by atoms with van der Waals surface area (Å²) in [5.41, 5.74) is 0.910. The Balaban J connectivity index is 1.13. The number of esters is 1. The van der Waals surface area contributed by atoms with Crippen molar-refractivity contribution in [3.05, 3.63) is 29.8 Å². The minimum atomic E-state index is -0.305. The van der Waals surface area contributed by atoms with Crippen molar-refractivity contribution >= 4 is 5.97 Å². The Morgan fingerprint density at radius 1 is 0.724 bits per heavy atom. The maximum atomic E-state index is 12.5. The van der Waals surface area contributed by atoms with Crippen LogP contribution in [0.25, 0.3) is 0 Å². The van der Waals surface area contributed by atoms with Crippen molar-refractivity contribution in [2.45, 2.75) is 134 Å². The summed E-state index contributed by atoms with van der Waals surface area (Å²) in [5.74, 6) is 11.5. The van der Waals surface area contributed by atoms with Crippen LogP contribution in [0.2, 0.25) is 0 Å². The van der Waals surface area contributed by atoms with Gasteiger partial charge >= 0.3 is 5.97 Å². The molecule has 0 aromatic heterocycles. The van der Waals surface area contributed by atoms with Gasteiger partial charge in [-0.1, -0.05) is 65.0 Å². The Hall–Kier alpha value is -2.27. The van der Waals surface area contributed by atoms with E-state index in [1.165, 1.54) is 7.11 Å². The molecule has 11 nitrogen and oxygen atoms in total. The number of benzene rings is 1. The third-order valence-corrected chi connectivity index (χ3v) is 15.9. The van der Waals surface area contributed by atoms with Crippen LogP contribution < -0.4 is 26.0 Å². The van der Waals surface area contributed by atoms with E-state index in [1.807, 2.05) is 18.2 Å². The Labute approximate surface area is 348 Å². The topological polar surface area (TPSA) is 132 Å².